The summed E-state index contributed by atoms with van der Waals surface area (Å²) in [7, 11) is -3.70. The molecule has 0 aliphatic heterocycles. The zero-order valence-corrected chi connectivity index (χ0v) is 13.9. The van der Waals surface area contributed by atoms with Gasteiger partial charge in [-0.05, 0) is 40.5 Å². The highest BCUT2D eigenvalue weighted by molar-refractivity contribution is 9.10. The molecular formula is C14H16BrN3O2S. The highest BCUT2D eigenvalue weighted by Crippen LogP contribution is 2.29. The molecule has 1 aromatic heterocycles. The summed E-state index contributed by atoms with van der Waals surface area (Å²) in [5.41, 5.74) is 6.84. The average molecular weight is 370 g/mol. The maximum absolute atomic E-state index is 12.8. The molecule has 21 heavy (non-hydrogen) atoms. The van der Waals surface area contributed by atoms with Crippen molar-refractivity contribution in [1.82, 2.24) is 4.98 Å². The van der Waals surface area contributed by atoms with E-state index in [4.69, 9.17) is 5.73 Å². The van der Waals surface area contributed by atoms with Gasteiger partial charge in [-0.2, -0.15) is 0 Å². The van der Waals surface area contributed by atoms with Gasteiger partial charge in [-0.3, -0.25) is 9.29 Å². The summed E-state index contributed by atoms with van der Waals surface area (Å²) >= 11 is 3.24. The predicted molar refractivity (Wildman–Crippen MR) is 87.6 cm³/mol. The smallest absolute Gasteiger partial charge is 0.265 e. The third-order valence-electron chi connectivity index (χ3n) is 2.90. The van der Waals surface area contributed by atoms with Crippen LogP contribution < -0.4 is 10.0 Å². The molecule has 0 unspecified atom stereocenters. The summed E-state index contributed by atoms with van der Waals surface area (Å²) in [5, 5.41) is 0. The molecule has 2 rings (SSSR count). The van der Waals surface area contributed by atoms with Crippen LogP contribution in [0.5, 0.6) is 0 Å². The number of hydrogen-bond acceptors (Lipinski definition) is 4. The first-order valence-corrected chi connectivity index (χ1v) is 8.68. The molecule has 5 nitrogen and oxygen atoms in total. The Hall–Kier alpha value is -1.60. The molecule has 7 heteroatoms. The number of nitrogen functional groups attached to an aromatic ring is 1. The molecule has 1 aromatic carbocycles. The second-order valence-electron chi connectivity index (χ2n) is 4.47. The van der Waals surface area contributed by atoms with Gasteiger partial charge in [0.2, 0.25) is 0 Å². The van der Waals surface area contributed by atoms with Gasteiger partial charge in [0.05, 0.1) is 11.4 Å². The fourth-order valence-electron chi connectivity index (χ4n) is 1.95. The largest absolute Gasteiger partial charge is 0.397 e. The van der Waals surface area contributed by atoms with Crippen molar-refractivity contribution in [2.75, 3.05) is 16.6 Å². The summed E-state index contributed by atoms with van der Waals surface area (Å²) in [4.78, 5) is 4.06. The van der Waals surface area contributed by atoms with Crippen LogP contribution >= 0.6 is 15.9 Å². The van der Waals surface area contributed by atoms with Crippen molar-refractivity contribution in [3.05, 3.63) is 47.2 Å². The van der Waals surface area contributed by atoms with Crippen molar-refractivity contribution < 1.29 is 8.42 Å². The van der Waals surface area contributed by atoms with E-state index < -0.39 is 10.0 Å². The number of aromatic nitrogens is 1. The van der Waals surface area contributed by atoms with Gasteiger partial charge >= 0.3 is 0 Å². The summed E-state index contributed by atoms with van der Waals surface area (Å²) in [5.74, 6) is 0. The number of halogens is 1. The maximum atomic E-state index is 12.8. The lowest BCUT2D eigenvalue weighted by molar-refractivity contribution is 0.589. The van der Waals surface area contributed by atoms with E-state index in [-0.39, 0.29) is 4.90 Å². The Balaban J connectivity index is 2.54. The first-order valence-electron chi connectivity index (χ1n) is 6.44. The highest BCUT2D eigenvalue weighted by atomic mass is 79.9. The third-order valence-corrected chi connectivity index (χ3v) is 5.11. The van der Waals surface area contributed by atoms with Crippen LogP contribution in [-0.2, 0) is 10.0 Å². The van der Waals surface area contributed by atoms with Crippen LogP contribution in [-0.4, -0.2) is 19.9 Å². The molecule has 0 spiro atoms. The van der Waals surface area contributed by atoms with Crippen LogP contribution in [0.15, 0.2) is 52.1 Å². The fourth-order valence-corrected chi connectivity index (χ4v) is 4.04. The Kier molecular flexibility index (Phi) is 4.84. The Morgan fingerprint density at radius 3 is 2.62 bits per heavy atom. The molecule has 0 saturated heterocycles. The Morgan fingerprint density at radius 1 is 1.29 bits per heavy atom. The van der Waals surface area contributed by atoms with Gasteiger partial charge in [0.1, 0.15) is 4.90 Å². The number of benzene rings is 1. The Bertz CT molecular complexity index is 735. The van der Waals surface area contributed by atoms with Crippen molar-refractivity contribution >= 4 is 37.3 Å². The molecule has 0 amide bonds. The standard InChI is InChI=1S/C14H16BrN3O2S/c1-2-7-18(14-6-4-3-5-13(14)16)21(19,20)12-8-11(15)9-17-10-12/h3-6,8-10H,2,7,16H2,1H3. The van der Waals surface area contributed by atoms with Crippen molar-refractivity contribution in [2.45, 2.75) is 18.2 Å². The monoisotopic (exact) mass is 369 g/mol. The van der Waals surface area contributed by atoms with Crippen LogP contribution in [0.4, 0.5) is 11.4 Å². The molecular weight excluding hydrogens is 354 g/mol. The van der Waals surface area contributed by atoms with Gasteiger partial charge in [0.15, 0.2) is 0 Å². The lowest BCUT2D eigenvalue weighted by Crippen LogP contribution is -2.32. The molecule has 0 aliphatic rings. The van der Waals surface area contributed by atoms with E-state index >= 15 is 0 Å². The fraction of sp³-hybridized carbons (Fsp3) is 0.214. The van der Waals surface area contributed by atoms with E-state index in [1.807, 2.05) is 6.92 Å². The van der Waals surface area contributed by atoms with Gasteiger partial charge in [-0.1, -0.05) is 19.1 Å². The van der Waals surface area contributed by atoms with Crippen molar-refractivity contribution in [3.8, 4) is 0 Å². The van der Waals surface area contributed by atoms with Gasteiger partial charge in [0.25, 0.3) is 10.0 Å². The first kappa shape index (κ1) is 15.8. The van der Waals surface area contributed by atoms with Gasteiger partial charge in [-0.15, -0.1) is 0 Å². The van der Waals surface area contributed by atoms with Crippen molar-refractivity contribution in [3.63, 3.8) is 0 Å². The molecule has 0 bridgehead atoms. The minimum atomic E-state index is -3.70. The Labute approximate surface area is 133 Å². The lowest BCUT2D eigenvalue weighted by atomic mass is 10.2. The van der Waals surface area contributed by atoms with E-state index in [0.29, 0.717) is 28.8 Å². The molecule has 0 aliphatic carbocycles. The SMILES string of the molecule is CCCN(c1ccccc1N)S(=O)(=O)c1cncc(Br)c1. The average Bonchev–Trinajstić information content (AvgIpc) is 2.45. The van der Waals surface area contributed by atoms with E-state index in [1.165, 1.54) is 16.6 Å². The van der Waals surface area contributed by atoms with Gasteiger partial charge < -0.3 is 5.73 Å². The van der Waals surface area contributed by atoms with Crippen LogP contribution in [0.3, 0.4) is 0 Å². The molecule has 0 saturated carbocycles. The summed E-state index contributed by atoms with van der Waals surface area (Å²) in [6.45, 7) is 2.27. The molecule has 1 heterocycles. The topological polar surface area (TPSA) is 76.3 Å². The number of hydrogen-bond donors (Lipinski definition) is 1. The second kappa shape index (κ2) is 6.44. The highest BCUT2D eigenvalue weighted by Gasteiger charge is 2.26. The Morgan fingerprint density at radius 2 is 2.00 bits per heavy atom. The maximum Gasteiger partial charge on any atom is 0.265 e. The number of anilines is 2. The minimum absolute atomic E-state index is 0.133. The minimum Gasteiger partial charge on any atom is -0.397 e. The molecule has 0 atom stereocenters. The normalized spacial score (nSPS) is 11.3. The molecule has 2 N–H and O–H groups in total. The van der Waals surface area contributed by atoms with Crippen molar-refractivity contribution in [1.29, 1.82) is 0 Å². The molecule has 2 aromatic rings. The van der Waals surface area contributed by atoms with E-state index in [1.54, 1.807) is 30.5 Å². The number of pyridine rings is 1. The van der Waals surface area contributed by atoms with Crippen LogP contribution in [0.25, 0.3) is 0 Å². The number of rotatable bonds is 5. The summed E-state index contributed by atoms with van der Waals surface area (Å²) in [6, 6.07) is 8.46. The second-order valence-corrected chi connectivity index (χ2v) is 7.25. The third kappa shape index (κ3) is 3.36. The van der Waals surface area contributed by atoms with Gasteiger partial charge in [0, 0.05) is 23.4 Å². The quantitative estimate of drug-likeness (QED) is 0.821. The first-order chi connectivity index (χ1) is 9.96. The summed E-state index contributed by atoms with van der Waals surface area (Å²) < 4.78 is 27.6. The molecule has 0 fully saturated rings. The predicted octanol–water partition coefficient (Wildman–Crippen LogP) is 3.03. The number of nitrogens with two attached hydrogens (primary N) is 1. The number of nitrogens with zero attached hydrogens (tertiary/aromatic N) is 2. The summed E-state index contributed by atoms with van der Waals surface area (Å²) in [6.07, 6.45) is 3.55. The zero-order chi connectivity index (χ0) is 15.5. The van der Waals surface area contributed by atoms with E-state index in [0.717, 1.165) is 0 Å². The van der Waals surface area contributed by atoms with Gasteiger partial charge in [-0.25, -0.2) is 8.42 Å². The number of para-hydroxylation sites is 2. The number of sulfonamides is 1. The van der Waals surface area contributed by atoms with Crippen LogP contribution in [0.1, 0.15) is 13.3 Å². The van der Waals surface area contributed by atoms with Crippen molar-refractivity contribution in [2.24, 2.45) is 0 Å². The van der Waals surface area contributed by atoms with E-state index in [2.05, 4.69) is 20.9 Å². The molecule has 112 valence electrons. The van der Waals surface area contributed by atoms with E-state index in [9.17, 15) is 8.42 Å². The van der Waals surface area contributed by atoms with Crippen LogP contribution in [0.2, 0.25) is 0 Å². The van der Waals surface area contributed by atoms with Crippen LogP contribution in [0, 0.1) is 0 Å². The molecule has 0 radical (unpaired) electrons. The zero-order valence-electron chi connectivity index (χ0n) is 11.5. The lowest BCUT2D eigenvalue weighted by Gasteiger charge is -2.25.